The zero-order chi connectivity index (χ0) is 39.2. The van der Waals surface area contributed by atoms with Gasteiger partial charge in [-0.1, -0.05) is 123 Å². The summed E-state index contributed by atoms with van der Waals surface area (Å²) in [5, 5.41) is 6.27. The number of hydrogen-bond donors (Lipinski definition) is 0. The second-order valence-corrected chi connectivity index (χ2v) is 22.8. The van der Waals surface area contributed by atoms with Crippen molar-refractivity contribution < 1.29 is 24.5 Å². The number of nitrogens with zero attached hydrogens (tertiary/aromatic N) is 3. The number of para-hydroxylation sites is 3. The largest absolute Gasteiger partial charge is 0.501 e. The van der Waals surface area contributed by atoms with Gasteiger partial charge in [-0.2, -0.15) is 0 Å². The number of thiophene rings is 1. The Kier molecular flexibility index (Phi) is 11.0. The van der Waals surface area contributed by atoms with Crippen molar-refractivity contribution in [2.24, 2.45) is 5.92 Å². The van der Waals surface area contributed by atoms with E-state index in [4.69, 9.17) is 14.4 Å². The van der Waals surface area contributed by atoms with E-state index in [2.05, 4.69) is 134 Å². The van der Waals surface area contributed by atoms with Gasteiger partial charge in [-0.3, -0.25) is 4.98 Å². The van der Waals surface area contributed by atoms with Crippen molar-refractivity contribution in [3.05, 3.63) is 157 Å². The number of furan rings is 1. The van der Waals surface area contributed by atoms with Crippen LogP contribution in [0, 0.1) is 18.1 Å². The van der Waals surface area contributed by atoms with Gasteiger partial charge < -0.3 is 14.0 Å². The minimum absolute atomic E-state index is 0. The van der Waals surface area contributed by atoms with Gasteiger partial charge in [0.1, 0.15) is 5.58 Å². The fourth-order valence-electron chi connectivity index (χ4n) is 8.91. The van der Waals surface area contributed by atoms with E-state index in [0.717, 1.165) is 67.2 Å². The van der Waals surface area contributed by atoms with Crippen molar-refractivity contribution in [2.75, 3.05) is 0 Å². The molecule has 4 nitrogen and oxygen atoms in total. The summed E-state index contributed by atoms with van der Waals surface area (Å²) in [5.41, 5.74) is 9.37. The fourth-order valence-corrected chi connectivity index (χ4v) is 11.6. The van der Waals surface area contributed by atoms with Crippen LogP contribution in [-0.4, -0.2) is 22.6 Å². The fraction of sp³-hybridized carbons (Fsp3) is 0.192. The number of pyridine rings is 1. The molecule has 0 amide bonds. The summed E-state index contributed by atoms with van der Waals surface area (Å²) < 4.78 is 11.2. The maximum atomic E-state index is 6.36. The summed E-state index contributed by atoms with van der Waals surface area (Å²) in [7, 11) is -1.36. The molecule has 11 rings (SSSR count). The molecule has 1 saturated carbocycles. The normalized spacial score (nSPS) is 13.5. The summed E-state index contributed by atoms with van der Waals surface area (Å²) >= 11 is 1.83. The van der Waals surface area contributed by atoms with Crippen LogP contribution < -0.4 is 5.19 Å². The van der Waals surface area contributed by atoms with Crippen molar-refractivity contribution in [3.63, 3.8) is 0 Å². The molecular formula is C52H45IrN3OSSi-2. The molecule has 1 aliphatic rings. The molecule has 1 aliphatic carbocycles. The van der Waals surface area contributed by atoms with Crippen LogP contribution in [0.15, 0.2) is 144 Å². The molecule has 4 aromatic heterocycles. The molecule has 7 heteroatoms. The first-order valence-corrected chi connectivity index (χ1v) is 24.9. The van der Waals surface area contributed by atoms with Crippen LogP contribution in [0.2, 0.25) is 19.6 Å². The predicted octanol–water partition coefficient (Wildman–Crippen LogP) is 14.0. The number of fused-ring (bicyclic) bond motifs is 7. The first-order valence-electron chi connectivity index (χ1n) is 20.6. The summed E-state index contributed by atoms with van der Waals surface area (Å²) in [6.07, 6.45) is 10.5. The van der Waals surface area contributed by atoms with Crippen molar-refractivity contribution in [1.82, 2.24) is 14.5 Å². The third kappa shape index (κ3) is 7.62. The van der Waals surface area contributed by atoms with Gasteiger partial charge in [-0.15, -0.1) is 65.4 Å². The van der Waals surface area contributed by atoms with Crippen LogP contribution in [-0.2, 0) is 26.5 Å². The topological polar surface area (TPSA) is 43.9 Å². The third-order valence-corrected chi connectivity index (χ3v) is 15.0. The molecule has 59 heavy (non-hydrogen) atoms. The summed E-state index contributed by atoms with van der Waals surface area (Å²) in [6, 6.07) is 53.1. The number of rotatable bonds is 6. The molecular weight excluding hydrogens is 935 g/mol. The molecule has 0 N–H and O–H groups in total. The second-order valence-electron chi connectivity index (χ2n) is 16.7. The van der Waals surface area contributed by atoms with Gasteiger partial charge in [0.2, 0.25) is 0 Å². The van der Waals surface area contributed by atoms with Crippen molar-refractivity contribution >= 4 is 77.7 Å². The quantitative estimate of drug-likeness (QED) is 0.123. The van der Waals surface area contributed by atoms with E-state index >= 15 is 0 Å². The molecule has 1 fully saturated rings. The van der Waals surface area contributed by atoms with Crippen LogP contribution in [0.4, 0.5) is 0 Å². The van der Waals surface area contributed by atoms with E-state index in [0.29, 0.717) is 0 Å². The van der Waals surface area contributed by atoms with E-state index < -0.39 is 8.07 Å². The first kappa shape index (κ1) is 39.3. The van der Waals surface area contributed by atoms with Crippen molar-refractivity contribution in [3.8, 4) is 28.3 Å². The maximum absolute atomic E-state index is 6.36. The number of benzene rings is 6. The number of hydrogen-bond acceptors (Lipinski definition) is 4. The number of imidazole rings is 1. The van der Waals surface area contributed by atoms with Gasteiger partial charge in [0.25, 0.3) is 0 Å². The molecule has 10 aromatic rings. The van der Waals surface area contributed by atoms with Crippen molar-refractivity contribution in [2.45, 2.75) is 58.2 Å². The molecule has 6 aromatic carbocycles. The Balaban J connectivity index is 0.000000164. The molecule has 0 bridgehead atoms. The standard InChI is InChI=1S/C31H17N2OS.C21H28NSi.Ir/c1-5-14-27-20(8-1)22-10-7-11-23(30(22)34-27)31-32-25-12-3-4-13-26(25)33(31)19-16-17-29-24(18-19)21-9-2-6-15-28(21)35-29;1-23(2,3)21-16-22-20(18-12-8-5-9-13-18)15-19(21)14-17-10-6-4-7-11-17;/h1-10,12-18H;5,8-9,12,15-17H,4,6-7,10-11,14H2,1-3H3;/q2*-1;. The van der Waals surface area contributed by atoms with Crippen molar-refractivity contribution in [1.29, 1.82) is 0 Å². The number of aromatic nitrogens is 3. The Labute approximate surface area is 364 Å². The Hall–Kier alpha value is -5.17. The van der Waals surface area contributed by atoms with Crippen LogP contribution in [0.1, 0.15) is 37.7 Å². The van der Waals surface area contributed by atoms with Gasteiger partial charge in [-0.25, -0.2) is 0 Å². The van der Waals surface area contributed by atoms with Crippen LogP contribution >= 0.6 is 11.3 Å². The molecule has 0 saturated heterocycles. The van der Waals surface area contributed by atoms with E-state index in [1.165, 1.54) is 58.7 Å². The van der Waals surface area contributed by atoms with E-state index in [-0.39, 0.29) is 20.1 Å². The molecule has 0 atom stereocenters. The zero-order valence-electron chi connectivity index (χ0n) is 33.6. The Morgan fingerprint density at radius 3 is 2.32 bits per heavy atom. The molecule has 0 spiro atoms. The van der Waals surface area contributed by atoms with Crippen LogP contribution in [0.3, 0.4) is 0 Å². The SMILES string of the molecule is C[Si](C)(C)c1cnc(-c2[c-]cccc2)cc1CC1CCCCC1.[Ir].[c-]1ccc2c(oc3ccccc32)c1-c1nc2ccccc2n1-c1ccc2sc3ccccc3c2c1. The smallest absolute Gasteiger partial charge is 0.120 e. The summed E-state index contributed by atoms with van der Waals surface area (Å²) in [6.45, 7) is 7.30. The Morgan fingerprint density at radius 1 is 0.729 bits per heavy atom. The Morgan fingerprint density at radius 2 is 1.49 bits per heavy atom. The average Bonchev–Trinajstić information content (AvgIpc) is 3.95. The first-order chi connectivity index (χ1) is 28.4. The maximum Gasteiger partial charge on any atom is 0.120 e. The third-order valence-electron chi connectivity index (χ3n) is 11.8. The Bertz CT molecular complexity index is 3080. The van der Waals surface area contributed by atoms with E-state index in [1.807, 2.05) is 53.8 Å². The van der Waals surface area contributed by atoms with Crippen LogP contribution in [0.5, 0.6) is 0 Å². The summed E-state index contributed by atoms with van der Waals surface area (Å²) in [5.74, 6) is 1.70. The monoisotopic (exact) mass is 980 g/mol. The van der Waals surface area contributed by atoms with Gasteiger partial charge >= 0.3 is 0 Å². The molecule has 0 unspecified atom stereocenters. The predicted molar refractivity (Wildman–Crippen MR) is 247 cm³/mol. The van der Waals surface area contributed by atoms with Gasteiger partial charge in [0.05, 0.1) is 30.5 Å². The van der Waals surface area contributed by atoms with Crippen LogP contribution in [0.25, 0.3) is 81.5 Å². The molecule has 295 valence electrons. The van der Waals surface area contributed by atoms with Gasteiger partial charge in [0.15, 0.2) is 0 Å². The zero-order valence-corrected chi connectivity index (χ0v) is 37.8. The van der Waals surface area contributed by atoms with Gasteiger partial charge in [-0.05, 0) is 65.7 Å². The molecule has 4 heterocycles. The molecule has 0 aliphatic heterocycles. The minimum atomic E-state index is -1.36. The second kappa shape index (κ2) is 16.5. The molecule has 1 radical (unpaired) electrons. The average molecular weight is 980 g/mol. The minimum Gasteiger partial charge on any atom is -0.501 e. The van der Waals surface area contributed by atoms with E-state index in [1.54, 1.807) is 10.8 Å². The summed E-state index contributed by atoms with van der Waals surface area (Å²) in [4.78, 5) is 9.86. The van der Waals surface area contributed by atoms with E-state index in [9.17, 15) is 0 Å². The van der Waals surface area contributed by atoms with Gasteiger partial charge in [0, 0.05) is 57.5 Å².